The number of aliphatic hydroxyl groups is 2. The van der Waals surface area contributed by atoms with Crippen molar-refractivity contribution < 1.29 is 44.4 Å². The Bertz CT molecular complexity index is 632. The van der Waals surface area contributed by atoms with E-state index in [0.29, 0.717) is 12.2 Å². The van der Waals surface area contributed by atoms with Crippen LogP contribution in [0.4, 0.5) is 0 Å². The molecule has 0 heterocycles. The third-order valence-electron chi connectivity index (χ3n) is 3.84. The second-order valence-corrected chi connectivity index (χ2v) is 7.34. The van der Waals surface area contributed by atoms with Gasteiger partial charge in [0, 0.05) is 0 Å². The fourth-order valence-corrected chi connectivity index (χ4v) is 2.63. The molecule has 0 fully saturated rings. The number of carbonyl (C=O) groups is 5. The molecule has 5 atom stereocenters. The summed E-state index contributed by atoms with van der Waals surface area (Å²) in [7, 11) is 0. The number of amides is 3. The Balaban J connectivity index is 5.13. The van der Waals surface area contributed by atoms with Crippen LogP contribution in [0.5, 0.6) is 0 Å². The van der Waals surface area contributed by atoms with Crippen LogP contribution in [-0.4, -0.2) is 99.0 Å². The highest BCUT2D eigenvalue weighted by Crippen LogP contribution is 2.02. The lowest BCUT2D eigenvalue weighted by Crippen LogP contribution is -2.60. The first-order valence-corrected chi connectivity index (χ1v) is 10.2. The van der Waals surface area contributed by atoms with E-state index in [2.05, 4.69) is 10.6 Å². The van der Waals surface area contributed by atoms with Gasteiger partial charge in [-0.2, -0.15) is 11.8 Å². The molecule has 0 aliphatic carbocycles. The molecule has 13 nitrogen and oxygen atoms in total. The van der Waals surface area contributed by atoms with Gasteiger partial charge in [-0.05, 0) is 25.4 Å². The number of nitrogens with two attached hydrogens (primary N) is 1. The summed E-state index contributed by atoms with van der Waals surface area (Å²) in [4.78, 5) is 58.3. The topological polar surface area (TPSA) is 228 Å². The number of aliphatic carboxylic acids is 2. The highest BCUT2D eigenvalue weighted by Gasteiger charge is 2.32. The average molecular weight is 452 g/mol. The van der Waals surface area contributed by atoms with Crippen molar-refractivity contribution in [2.24, 2.45) is 5.73 Å². The predicted octanol–water partition coefficient (Wildman–Crippen LogP) is -3.55. The SMILES string of the molecule is CSCCC(N)C(=O)NC(C(=O)NC(CO)C(=O)NC(CC(=O)O)C(=O)O)C(C)O. The van der Waals surface area contributed by atoms with Gasteiger partial charge in [-0.1, -0.05) is 0 Å². The van der Waals surface area contributed by atoms with Crippen molar-refractivity contribution in [1.82, 2.24) is 16.0 Å². The molecule has 0 aromatic carbocycles. The number of hydrogen-bond donors (Lipinski definition) is 8. The fourth-order valence-electron chi connectivity index (χ4n) is 2.14. The van der Waals surface area contributed by atoms with Gasteiger partial charge in [0.05, 0.1) is 25.2 Å². The van der Waals surface area contributed by atoms with E-state index in [4.69, 9.17) is 15.9 Å². The summed E-state index contributed by atoms with van der Waals surface area (Å²) in [6.07, 6.45) is -0.165. The van der Waals surface area contributed by atoms with Gasteiger partial charge in [0.1, 0.15) is 18.1 Å². The van der Waals surface area contributed by atoms with Crippen LogP contribution in [0.15, 0.2) is 0 Å². The van der Waals surface area contributed by atoms with Crippen molar-refractivity contribution >= 4 is 41.4 Å². The van der Waals surface area contributed by atoms with Gasteiger partial charge in [-0.3, -0.25) is 19.2 Å². The van der Waals surface area contributed by atoms with Crippen LogP contribution >= 0.6 is 11.8 Å². The third kappa shape index (κ3) is 9.87. The lowest BCUT2D eigenvalue weighted by atomic mass is 10.1. The van der Waals surface area contributed by atoms with Crippen molar-refractivity contribution in [3.63, 3.8) is 0 Å². The normalized spacial score (nSPS) is 15.8. The maximum atomic E-state index is 12.4. The Morgan fingerprint density at radius 2 is 1.53 bits per heavy atom. The third-order valence-corrected chi connectivity index (χ3v) is 4.49. The van der Waals surface area contributed by atoms with Crippen LogP contribution in [0.2, 0.25) is 0 Å². The van der Waals surface area contributed by atoms with E-state index in [1.54, 1.807) is 0 Å². The summed E-state index contributed by atoms with van der Waals surface area (Å²) in [5, 5.41) is 43.0. The first kappa shape index (κ1) is 27.6. The van der Waals surface area contributed by atoms with Crippen LogP contribution in [-0.2, 0) is 24.0 Å². The zero-order chi connectivity index (χ0) is 23.4. The Morgan fingerprint density at radius 1 is 0.967 bits per heavy atom. The number of thioether (sulfide) groups is 1. The maximum absolute atomic E-state index is 12.4. The van der Waals surface area contributed by atoms with Gasteiger partial charge < -0.3 is 42.1 Å². The zero-order valence-corrected chi connectivity index (χ0v) is 17.3. The summed E-state index contributed by atoms with van der Waals surface area (Å²) in [6.45, 7) is 0.254. The van der Waals surface area contributed by atoms with E-state index >= 15 is 0 Å². The number of rotatable bonds is 14. The Kier molecular flexibility index (Phi) is 12.6. The van der Waals surface area contributed by atoms with Gasteiger partial charge in [-0.25, -0.2) is 4.79 Å². The first-order valence-electron chi connectivity index (χ1n) is 8.83. The molecule has 0 spiro atoms. The number of carbonyl (C=O) groups excluding carboxylic acids is 3. The van der Waals surface area contributed by atoms with E-state index in [9.17, 15) is 34.2 Å². The number of carboxylic acid groups (broad SMARTS) is 2. The molecular formula is C16H28N4O9S. The van der Waals surface area contributed by atoms with Crippen LogP contribution in [0.25, 0.3) is 0 Å². The van der Waals surface area contributed by atoms with Crippen LogP contribution in [0.1, 0.15) is 19.8 Å². The molecule has 14 heteroatoms. The van der Waals surface area contributed by atoms with E-state index in [1.807, 2.05) is 11.6 Å². The van der Waals surface area contributed by atoms with Crippen molar-refractivity contribution in [1.29, 1.82) is 0 Å². The molecule has 0 aliphatic rings. The van der Waals surface area contributed by atoms with E-state index < -0.39 is 73.0 Å². The number of aliphatic hydroxyl groups excluding tert-OH is 2. The van der Waals surface area contributed by atoms with Crippen LogP contribution < -0.4 is 21.7 Å². The summed E-state index contributed by atoms with van der Waals surface area (Å²) < 4.78 is 0. The number of carboxylic acids is 2. The van der Waals surface area contributed by atoms with Gasteiger partial charge in [-0.15, -0.1) is 0 Å². The zero-order valence-electron chi connectivity index (χ0n) is 16.5. The summed E-state index contributed by atoms with van der Waals surface area (Å²) >= 11 is 1.46. The molecule has 0 aromatic heterocycles. The Hall–Kier alpha value is -2.42. The monoisotopic (exact) mass is 452 g/mol. The molecule has 30 heavy (non-hydrogen) atoms. The molecular weight excluding hydrogens is 424 g/mol. The molecule has 0 bridgehead atoms. The van der Waals surface area contributed by atoms with Gasteiger partial charge in [0.15, 0.2) is 0 Å². The molecule has 172 valence electrons. The summed E-state index contributed by atoms with van der Waals surface area (Å²) in [6, 6.07) is -5.89. The smallest absolute Gasteiger partial charge is 0.326 e. The van der Waals surface area contributed by atoms with Crippen molar-refractivity contribution in [3.05, 3.63) is 0 Å². The fraction of sp³-hybridized carbons (Fsp3) is 0.688. The standard InChI is InChI=1S/C16H28N4O9S/c1-7(22)12(20-13(25)8(17)3-4-30-2)15(27)19-10(6-21)14(26)18-9(16(28)29)5-11(23)24/h7-10,12,21-22H,3-6,17H2,1-2H3,(H,18,26)(H,19,27)(H,20,25)(H,23,24)(H,28,29). The number of hydrogen-bond acceptors (Lipinski definition) is 9. The molecule has 0 aromatic rings. The Morgan fingerprint density at radius 3 is 1.97 bits per heavy atom. The minimum absolute atomic E-state index is 0.322. The second kappa shape index (κ2) is 13.7. The summed E-state index contributed by atoms with van der Waals surface area (Å²) in [5.74, 6) is -5.42. The van der Waals surface area contributed by atoms with Crippen molar-refractivity contribution in [3.8, 4) is 0 Å². The molecule has 0 saturated heterocycles. The quantitative estimate of drug-likeness (QED) is 0.129. The molecule has 9 N–H and O–H groups in total. The minimum atomic E-state index is -1.79. The largest absolute Gasteiger partial charge is 0.481 e. The minimum Gasteiger partial charge on any atom is -0.481 e. The van der Waals surface area contributed by atoms with Crippen LogP contribution in [0.3, 0.4) is 0 Å². The molecule has 5 unspecified atom stereocenters. The van der Waals surface area contributed by atoms with Crippen LogP contribution in [0, 0.1) is 0 Å². The second-order valence-electron chi connectivity index (χ2n) is 6.36. The lowest BCUT2D eigenvalue weighted by molar-refractivity contribution is -0.147. The molecule has 0 saturated carbocycles. The number of nitrogens with one attached hydrogen (secondary N) is 3. The van der Waals surface area contributed by atoms with Crippen molar-refractivity contribution in [2.45, 2.75) is 50.0 Å². The maximum Gasteiger partial charge on any atom is 0.326 e. The summed E-state index contributed by atoms with van der Waals surface area (Å²) in [5.41, 5.74) is 5.70. The van der Waals surface area contributed by atoms with Gasteiger partial charge >= 0.3 is 11.9 Å². The van der Waals surface area contributed by atoms with E-state index in [-0.39, 0.29) is 0 Å². The molecule has 0 aliphatic heterocycles. The van der Waals surface area contributed by atoms with Gasteiger partial charge in [0.2, 0.25) is 17.7 Å². The highest BCUT2D eigenvalue weighted by atomic mass is 32.2. The first-order chi connectivity index (χ1) is 13.9. The average Bonchev–Trinajstić information content (AvgIpc) is 2.66. The van der Waals surface area contributed by atoms with Gasteiger partial charge in [0.25, 0.3) is 0 Å². The highest BCUT2D eigenvalue weighted by molar-refractivity contribution is 7.98. The predicted molar refractivity (Wildman–Crippen MR) is 105 cm³/mol. The van der Waals surface area contributed by atoms with E-state index in [0.717, 1.165) is 0 Å². The molecule has 3 amide bonds. The lowest BCUT2D eigenvalue weighted by Gasteiger charge is -2.25. The Labute approximate surface area is 176 Å². The van der Waals surface area contributed by atoms with E-state index in [1.165, 1.54) is 18.7 Å². The molecule has 0 rings (SSSR count). The molecule has 0 radical (unpaired) electrons. The van der Waals surface area contributed by atoms with Crippen molar-refractivity contribution in [2.75, 3.05) is 18.6 Å².